The number of aliphatic carboxylic acids is 1. The van der Waals surface area contributed by atoms with Crippen molar-refractivity contribution in [3.63, 3.8) is 0 Å². The van der Waals surface area contributed by atoms with Crippen LogP contribution in [0.4, 0.5) is 13.2 Å². The van der Waals surface area contributed by atoms with Gasteiger partial charge in [0.05, 0.1) is 6.26 Å². The zero-order chi connectivity index (χ0) is 15.6. The van der Waals surface area contributed by atoms with Crippen molar-refractivity contribution in [1.29, 1.82) is 0 Å². The number of nitrogens with zero attached hydrogens (tertiary/aromatic N) is 1. The lowest BCUT2D eigenvalue weighted by Crippen LogP contribution is -2.63. The molecule has 0 amide bonds. The summed E-state index contributed by atoms with van der Waals surface area (Å²) in [7, 11) is -2.94. The Balaban J connectivity index is 0.000000246. The van der Waals surface area contributed by atoms with E-state index < -0.39 is 22.2 Å². The minimum absolute atomic E-state index is 0.265. The van der Waals surface area contributed by atoms with Crippen LogP contribution in [0, 0.1) is 5.41 Å². The van der Waals surface area contributed by atoms with Gasteiger partial charge in [-0.05, 0) is 19.4 Å². The van der Waals surface area contributed by atoms with Gasteiger partial charge in [-0.2, -0.15) is 13.2 Å². The molecule has 0 saturated carbocycles. The Labute approximate surface area is 115 Å². The van der Waals surface area contributed by atoms with Crippen LogP contribution in [0.15, 0.2) is 0 Å². The van der Waals surface area contributed by atoms with Crippen molar-refractivity contribution in [3.8, 4) is 0 Å². The van der Waals surface area contributed by atoms with Crippen LogP contribution in [0.2, 0.25) is 0 Å². The van der Waals surface area contributed by atoms with Crippen molar-refractivity contribution >= 4 is 16.0 Å². The normalized spacial score (nSPS) is 22.6. The monoisotopic (exact) mass is 318 g/mol. The van der Waals surface area contributed by atoms with Crippen molar-refractivity contribution < 1.29 is 31.5 Å². The van der Waals surface area contributed by atoms with Crippen LogP contribution in [-0.4, -0.2) is 62.4 Å². The molecule has 2 aliphatic rings. The molecule has 0 aliphatic carbocycles. The van der Waals surface area contributed by atoms with Gasteiger partial charge in [0.2, 0.25) is 10.0 Å². The summed E-state index contributed by atoms with van der Waals surface area (Å²) in [4.78, 5) is 8.90. The predicted molar refractivity (Wildman–Crippen MR) is 64.6 cm³/mol. The highest BCUT2D eigenvalue weighted by atomic mass is 32.2. The molecule has 2 rings (SSSR count). The molecule has 20 heavy (non-hydrogen) atoms. The molecule has 0 radical (unpaired) electrons. The molecule has 0 atom stereocenters. The molecule has 0 unspecified atom stereocenters. The smallest absolute Gasteiger partial charge is 0.475 e. The number of nitrogens with one attached hydrogen (secondary N) is 1. The molecule has 2 fully saturated rings. The third-order valence-corrected chi connectivity index (χ3v) is 4.49. The maximum Gasteiger partial charge on any atom is 0.490 e. The second-order valence-corrected chi connectivity index (χ2v) is 7.10. The van der Waals surface area contributed by atoms with E-state index in [4.69, 9.17) is 9.90 Å². The van der Waals surface area contributed by atoms with Crippen LogP contribution in [-0.2, 0) is 14.8 Å². The van der Waals surface area contributed by atoms with Gasteiger partial charge in [0.25, 0.3) is 0 Å². The van der Waals surface area contributed by atoms with Gasteiger partial charge in [-0.25, -0.2) is 17.5 Å². The number of hydrogen-bond acceptors (Lipinski definition) is 4. The summed E-state index contributed by atoms with van der Waals surface area (Å²) in [6.07, 6.45) is -1.44. The third kappa shape index (κ3) is 4.60. The van der Waals surface area contributed by atoms with Crippen LogP contribution >= 0.6 is 0 Å². The first-order valence-corrected chi connectivity index (χ1v) is 7.77. The number of sulfonamides is 1. The van der Waals surface area contributed by atoms with Crippen LogP contribution in [0.1, 0.15) is 12.8 Å². The quantitative estimate of drug-likeness (QED) is 0.724. The van der Waals surface area contributed by atoms with Crippen LogP contribution in [0.25, 0.3) is 0 Å². The Morgan fingerprint density at radius 3 is 2.15 bits per heavy atom. The predicted octanol–water partition coefficient (Wildman–Crippen LogP) is 0.265. The maximum absolute atomic E-state index is 11.1. The first kappa shape index (κ1) is 17.2. The average molecular weight is 318 g/mol. The Bertz CT molecular complexity index is 450. The second kappa shape index (κ2) is 5.86. The Hall–Kier alpha value is -0.870. The van der Waals surface area contributed by atoms with Gasteiger partial charge in [0, 0.05) is 25.0 Å². The third-order valence-electron chi connectivity index (χ3n) is 3.30. The second-order valence-electron chi connectivity index (χ2n) is 5.11. The molecule has 0 aromatic carbocycles. The largest absolute Gasteiger partial charge is 0.490 e. The summed E-state index contributed by atoms with van der Waals surface area (Å²) >= 11 is 0. The van der Waals surface area contributed by atoms with Gasteiger partial charge in [0.15, 0.2) is 0 Å². The highest BCUT2D eigenvalue weighted by Gasteiger charge is 2.46. The molecule has 1 spiro atoms. The number of carbonyl (C=O) groups is 1. The highest BCUT2D eigenvalue weighted by Crippen LogP contribution is 2.37. The van der Waals surface area contributed by atoms with Crippen molar-refractivity contribution in [2.45, 2.75) is 19.0 Å². The average Bonchev–Trinajstić information content (AvgIpc) is 2.25. The molecule has 0 aromatic heterocycles. The zero-order valence-corrected chi connectivity index (χ0v) is 11.7. The topological polar surface area (TPSA) is 86.7 Å². The van der Waals surface area contributed by atoms with Crippen LogP contribution < -0.4 is 5.32 Å². The summed E-state index contributed by atoms with van der Waals surface area (Å²) in [5.41, 5.74) is 0.265. The first-order chi connectivity index (χ1) is 8.96. The molecular formula is C10H17F3N2O4S. The first-order valence-electron chi connectivity index (χ1n) is 5.92. The number of alkyl halides is 3. The van der Waals surface area contributed by atoms with Gasteiger partial charge in [-0.15, -0.1) is 0 Å². The van der Waals surface area contributed by atoms with E-state index in [0.717, 1.165) is 26.2 Å². The van der Waals surface area contributed by atoms with Crippen molar-refractivity contribution in [3.05, 3.63) is 0 Å². The van der Waals surface area contributed by atoms with Gasteiger partial charge in [-0.3, -0.25) is 0 Å². The van der Waals surface area contributed by atoms with Gasteiger partial charge < -0.3 is 10.4 Å². The lowest BCUT2D eigenvalue weighted by molar-refractivity contribution is -0.192. The van der Waals surface area contributed by atoms with Crippen LogP contribution in [0.3, 0.4) is 0 Å². The minimum atomic E-state index is -5.08. The lowest BCUT2D eigenvalue weighted by Gasteiger charge is -2.51. The zero-order valence-electron chi connectivity index (χ0n) is 10.9. The fourth-order valence-corrected chi connectivity index (χ4v) is 3.25. The molecule has 10 heteroatoms. The van der Waals surface area contributed by atoms with Gasteiger partial charge in [-0.1, -0.05) is 0 Å². The molecule has 0 aromatic rings. The molecule has 0 bridgehead atoms. The molecule has 2 N–H and O–H groups in total. The van der Waals surface area contributed by atoms with Crippen LogP contribution in [0.5, 0.6) is 0 Å². The Morgan fingerprint density at radius 1 is 1.35 bits per heavy atom. The summed E-state index contributed by atoms with van der Waals surface area (Å²) in [6, 6.07) is 0. The summed E-state index contributed by atoms with van der Waals surface area (Å²) < 4.78 is 55.6. The number of halogens is 3. The molecule has 2 heterocycles. The number of carboxylic acids is 1. The number of rotatable bonds is 1. The molecule has 118 valence electrons. The van der Waals surface area contributed by atoms with Crippen molar-refractivity contribution in [2.75, 3.05) is 32.4 Å². The maximum atomic E-state index is 11.1. The summed E-state index contributed by atoms with van der Waals surface area (Å²) in [5.74, 6) is -2.76. The summed E-state index contributed by atoms with van der Waals surface area (Å²) in [5, 5.41) is 10.5. The minimum Gasteiger partial charge on any atom is -0.475 e. The van der Waals surface area contributed by atoms with E-state index in [1.54, 1.807) is 4.31 Å². The fraction of sp³-hybridized carbons (Fsp3) is 0.900. The van der Waals surface area contributed by atoms with Crippen molar-refractivity contribution in [1.82, 2.24) is 9.62 Å². The number of hydrogen-bond donors (Lipinski definition) is 2. The van der Waals surface area contributed by atoms with E-state index in [2.05, 4.69) is 5.32 Å². The number of carboxylic acid groups (broad SMARTS) is 1. The Morgan fingerprint density at radius 2 is 1.85 bits per heavy atom. The molecular weight excluding hydrogens is 301 g/mol. The number of piperidine rings is 1. The van der Waals surface area contributed by atoms with Gasteiger partial charge in [0.1, 0.15) is 0 Å². The highest BCUT2D eigenvalue weighted by molar-refractivity contribution is 7.88. The molecule has 6 nitrogen and oxygen atoms in total. The van der Waals surface area contributed by atoms with E-state index in [-0.39, 0.29) is 5.41 Å². The lowest BCUT2D eigenvalue weighted by atomic mass is 9.75. The van der Waals surface area contributed by atoms with Crippen molar-refractivity contribution in [2.24, 2.45) is 5.41 Å². The van der Waals surface area contributed by atoms with E-state index in [9.17, 15) is 21.6 Å². The molecule has 2 aliphatic heterocycles. The van der Waals surface area contributed by atoms with Gasteiger partial charge >= 0.3 is 12.1 Å². The standard InChI is InChI=1S/C8H16N2O2S.C2HF3O2/c1-13(11,12)10-6-8(7-10)3-2-4-9-5-8;3-2(4,5)1(6)7/h9H,2-7H2,1H3;(H,6,7). The van der Waals surface area contributed by atoms with E-state index in [0.29, 0.717) is 0 Å². The fourth-order valence-electron chi connectivity index (χ4n) is 2.24. The van der Waals surface area contributed by atoms with E-state index in [1.165, 1.54) is 19.1 Å². The van der Waals surface area contributed by atoms with E-state index >= 15 is 0 Å². The summed E-state index contributed by atoms with van der Waals surface area (Å²) in [6.45, 7) is 3.51. The van der Waals surface area contributed by atoms with E-state index in [1.807, 2.05) is 0 Å². The Kier molecular flexibility index (Phi) is 5.03. The molecule has 2 saturated heterocycles. The SMILES string of the molecule is CS(=O)(=O)N1CC2(CCCNC2)C1.O=C(O)C(F)(F)F.